The molecule has 0 aromatic heterocycles. The number of carbonyl (C=O) groups is 3. The molecule has 0 spiro atoms. The van der Waals surface area contributed by atoms with Crippen molar-refractivity contribution in [3.8, 4) is 5.75 Å². The first kappa shape index (κ1) is 29.7. The van der Waals surface area contributed by atoms with Crippen LogP contribution in [0.2, 0.25) is 0 Å². The summed E-state index contributed by atoms with van der Waals surface area (Å²) in [6.07, 6.45) is -11.6. The number of benzene rings is 2. The topological polar surface area (TPSA) is 112 Å². The van der Waals surface area contributed by atoms with E-state index in [1.165, 1.54) is 17.0 Å². The largest absolute Gasteiger partial charge is 0.491 e. The molecule has 2 aromatic rings. The van der Waals surface area contributed by atoms with Crippen LogP contribution in [0.3, 0.4) is 0 Å². The van der Waals surface area contributed by atoms with Crippen LogP contribution in [0.5, 0.6) is 5.75 Å². The van der Waals surface area contributed by atoms with Crippen molar-refractivity contribution >= 4 is 23.6 Å². The lowest BCUT2D eigenvalue weighted by atomic mass is 9.73. The minimum Gasteiger partial charge on any atom is -0.491 e. The molecule has 0 aliphatic carbocycles. The molecule has 9 nitrogen and oxygen atoms in total. The number of alkyl halides is 6. The summed E-state index contributed by atoms with van der Waals surface area (Å²) in [6, 6.07) is 7.79. The molecule has 15 heteroatoms. The summed E-state index contributed by atoms with van der Waals surface area (Å²) in [7, 11) is 1.47. The van der Waals surface area contributed by atoms with Gasteiger partial charge in [-0.2, -0.15) is 31.4 Å². The summed E-state index contributed by atoms with van der Waals surface area (Å²) in [5.74, 6) is -2.11. The number of carboxylic acid groups (broad SMARTS) is 1. The van der Waals surface area contributed by atoms with Gasteiger partial charge in [0, 0.05) is 26.6 Å². The van der Waals surface area contributed by atoms with E-state index in [0.29, 0.717) is 17.8 Å². The number of amides is 3. The summed E-state index contributed by atoms with van der Waals surface area (Å²) in [5.41, 5.74) is -3.18. The second kappa shape index (κ2) is 10.9. The lowest BCUT2D eigenvalue weighted by Crippen LogP contribution is -2.59. The number of nitrogens with one attached hydrogen (secondary N) is 1. The van der Waals surface area contributed by atoms with Gasteiger partial charge in [0.1, 0.15) is 23.8 Å². The maximum absolute atomic E-state index is 13.5. The van der Waals surface area contributed by atoms with Crippen LogP contribution in [0.1, 0.15) is 23.1 Å². The Balaban J connectivity index is 1.59. The summed E-state index contributed by atoms with van der Waals surface area (Å²) < 4.78 is 84.5. The molecular weight excluding hydrogens is 562 g/mol. The number of hydrazone groups is 1. The summed E-state index contributed by atoms with van der Waals surface area (Å²) >= 11 is 0. The Morgan fingerprint density at radius 3 is 2.24 bits per heavy atom. The lowest BCUT2D eigenvalue weighted by molar-refractivity contribution is -0.144. The zero-order valence-electron chi connectivity index (χ0n) is 21.4. The van der Waals surface area contributed by atoms with Gasteiger partial charge in [0.15, 0.2) is 0 Å². The molecule has 2 aliphatic rings. The maximum Gasteiger partial charge on any atom is 0.416 e. The monoisotopic (exact) mass is 586 g/mol. The molecule has 3 amide bonds. The molecule has 2 aliphatic heterocycles. The Labute approximate surface area is 229 Å². The number of hydrogen-bond acceptors (Lipinski definition) is 5. The van der Waals surface area contributed by atoms with Crippen molar-refractivity contribution in [3.63, 3.8) is 0 Å². The quantitative estimate of drug-likeness (QED) is 0.476. The number of rotatable bonds is 7. The van der Waals surface area contributed by atoms with Crippen molar-refractivity contribution in [3.05, 3.63) is 65.2 Å². The van der Waals surface area contributed by atoms with Gasteiger partial charge in [0.25, 0.3) is 5.91 Å². The van der Waals surface area contributed by atoms with E-state index in [2.05, 4.69) is 5.10 Å². The van der Waals surface area contributed by atoms with Gasteiger partial charge in [-0.1, -0.05) is 30.3 Å². The molecule has 4 rings (SSSR count). The zero-order chi connectivity index (χ0) is 30.2. The van der Waals surface area contributed by atoms with Gasteiger partial charge in [-0.25, -0.2) is 9.80 Å². The Morgan fingerprint density at radius 2 is 1.68 bits per heavy atom. The average molecular weight is 586 g/mol. The highest BCUT2D eigenvalue weighted by Crippen LogP contribution is 2.39. The fourth-order valence-electron chi connectivity index (χ4n) is 4.95. The van der Waals surface area contributed by atoms with Gasteiger partial charge in [0.2, 0.25) is 5.91 Å². The highest BCUT2D eigenvalue weighted by atomic mass is 19.4. The minimum atomic E-state index is -5.13. The van der Waals surface area contributed by atoms with Gasteiger partial charge < -0.3 is 20.1 Å². The Hall–Kier alpha value is -4.30. The molecule has 0 radical (unpaired) electrons. The Morgan fingerprint density at radius 1 is 1.07 bits per heavy atom. The number of fused-ring (bicyclic) bond motifs is 1. The summed E-state index contributed by atoms with van der Waals surface area (Å²) in [5, 5.41) is 16.7. The smallest absolute Gasteiger partial charge is 0.416 e. The van der Waals surface area contributed by atoms with E-state index in [1.807, 2.05) is 5.32 Å². The van der Waals surface area contributed by atoms with Crippen LogP contribution in [0.25, 0.3) is 0 Å². The molecule has 1 saturated heterocycles. The first-order valence-corrected chi connectivity index (χ1v) is 12.2. The van der Waals surface area contributed by atoms with Crippen molar-refractivity contribution in [1.29, 1.82) is 0 Å². The minimum absolute atomic E-state index is 0.0366. The predicted octanol–water partition coefficient (Wildman–Crippen LogP) is 4.03. The van der Waals surface area contributed by atoms with Crippen LogP contribution in [0, 0.1) is 5.41 Å². The van der Waals surface area contributed by atoms with E-state index in [4.69, 9.17) is 4.74 Å². The van der Waals surface area contributed by atoms with Crippen molar-refractivity contribution in [2.24, 2.45) is 10.5 Å². The number of nitrogens with zero attached hydrogens (tertiary/aromatic N) is 3. The highest BCUT2D eigenvalue weighted by Gasteiger charge is 2.54. The third-order valence-electron chi connectivity index (χ3n) is 6.84. The number of likely N-dealkylation sites (tertiary alicyclic amines) is 1. The van der Waals surface area contributed by atoms with E-state index in [1.54, 1.807) is 30.3 Å². The van der Waals surface area contributed by atoms with E-state index in [9.17, 15) is 45.8 Å². The second-order valence-corrected chi connectivity index (χ2v) is 9.68. The SMILES string of the molecule is CN1N=C2CCN(C(=O)[C@@H](COc3cc(C(F)(F)F)cc(C(F)(F)F)c3)NC(=O)O)C[C@@]2(Cc2ccccc2)C1=O. The van der Waals surface area contributed by atoms with Crippen LogP contribution < -0.4 is 10.1 Å². The first-order valence-electron chi connectivity index (χ1n) is 12.2. The second-order valence-electron chi connectivity index (χ2n) is 9.68. The first-order chi connectivity index (χ1) is 19.1. The number of ether oxygens (including phenoxy) is 1. The number of halogens is 6. The Kier molecular flexibility index (Phi) is 7.91. The van der Waals surface area contributed by atoms with Crippen LogP contribution in [0.4, 0.5) is 31.1 Å². The zero-order valence-corrected chi connectivity index (χ0v) is 21.4. The molecular formula is C26H24F6N4O5. The fourth-order valence-corrected chi connectivity index (χ4v) is 4.95. The van der Waals surface area contributed by atoms with Gasteiger partial charge in [-0.05, 0) is 30.2 Å². The third-order valence-corrected chi connectivity index (χ3v) is 6.84. The molecule has 0 bridgehead atoms. The normalized spacial score (nSPS) is 19.9. The summed E-state index contributed by atoms with van der Waals surface area (Å²) in [6.45, 7) is -1.06. The number of carbonyl (C=O) groups excluding carboxylic acids is 2. The molecule has 2 heterocycles. The van der Waals surface area contributed by atoms with E-state index >= 15 is 0 Å². The van der Waals surface area contributed by atoms with Crippen molar-refractivity contribution < 1.29 is 50.6 Å². The van der Waals surface area contributed by atoms with E-state index in [-0.39, 0.29) is 37.9 Å². The molecule has 1 fully saturated rings. The third kappa shape index (κ3) is 6.38. The lowest BCUT2D eigenvalue weighted by Gasteiger charge is -2.40. The van der Waals surface area contributed by atoms with E-state index < -0.39 is 59.3 Å². The van der Waals surface area contributed by atoms with E-state index in [0.717, 1.165) is 5.56 Å². The van der Waals surface area contributed by atoms with Crippen LogP contribution in [-0.4, -0.2) is 71.4 Å². The van der Waals surface area contributed by atoms with Crippen LogP contribution in [0.15, 0.2) is 53.6 Å². The van der Waals surface area contributed by atoms with Crippen molar-refractivity contribution in [2.75, 3.05) is 26.7 Å². The van der Waals surface area contributed by atoms with Crippen LogP contribution >= 0.6 is 0 Å². The standard InChI is InChI=1S/C26H24F6N4O5/c1-35-22(38)24(12-15-5-3-2-4-6-15)14-36(8-7-20(24)34-35)21(37)19(33-23(39)40)13-41-18-10-16(25(27,28)29)9-17(11-18)26(30,31)32/h2-6,9-11,19,33H,7-8,12-14H2,1H3,(H,39,40)/t19-,24-/m1/s1. The van der Waals surface area contributed by atoms with Gasteiger partial charge in [-0.3, -0.25) is 9.59 Å². The van der Waals surface area contributed by atoms with Crippen molar-refractivity contribution in [1.82, 2.24) is 15.2 Å². The molecule has 0 unspecified atom stereocenters. The molecule has 0 saturated carbocycles. The number of hydrogen-bond donors (Lipinski definition) is 2. The van der Waals surface area contributed by atoms with Gasteiger partial charge >= 0.3 is 18.4 Å². The fraction of sp³-hybridized carbons (Fsp3) is 0.385. The van der Waals surface area contributed by atoms with Gasteiger partial charge in [0.05, 0.1) is 16.8 Å². The average Bonchev–Trinajstić information content (AvgIpc) is 3.14. The Bertz CT molecular complexity index is 1330. The molecule has 2 aromatic carbocycles. The summed E-state index contributed by atoms with van der Waals surface area (Å²) in [4.78, 5) is 39.4. The molecule has 220 valence electrons. The molecule has 2 atom stereocenters. The highest BCUT2D eigenvalue weighted by molar-refractivity contribution is 6.13. The van der Waals surface area contributed by atoms with Crippen LogP contribution in [-0.2, 0) is 28.4 Å². The predicted molar refractivity (Wildman–Crippen MR) is 131 cm³/mol. The number of piperidine rings is 1. The maximum atomic E-state index is 13.5. The van der Waals surface area contributed by atoms with Gasteiger partial charge in [-0.15, -0.1) is 0 Å². The van der Waals surface area contributed by atoms with Crippen molar-refractivity contribution in [2.45, 2.75) is 31.2 Å². The molecule has 2 N–H and O–H groups in total. The molecule has 41 heavy (non-hydrogen) atoms.